The first-order valence-electron chi connectivity index (χ1n) is 6.14. The molecule has 1 rings (SSSR count). The summed E-state index contributed by atoms with van der Waals surface area (Å²) in [5.74, 6) is 1.58. The van der Waals surface area contributed by atoms with Gasteiger partial charge in [0.2, 0.25) is 0 Å². The van der Waals surface area contributed by atoms with Gasteiger partial charge in [0.25, 0.3) is 0 Å². The summed E-state index contributed by atoms with van der Waals surface area (Å²) in [6, 6.07) is 0.725. The van der Waals surface area contributed by atoms with E-state index in [-0.39, 0.29) is 0 Å². The molecule has 1 fully saturated rings. The van der Waals surface area contributed by atoms with Crippen molar-refractivity contribution in [1.82, 2.24) is 10.6 Å². The largest absolute Gasteiger partial charge is 0.315 e. The highest BCUT2D eigenvalue weighted by molar-refractivity contribution is 4.74. The van der Waals surface area contributed by atoms with Gasteiger partial charge in [-0.15, -0.1) is 0 Å². The first-order valence-corrected chi connectivity index (χ1v) is 6.14. The summed E-state index contributed by atoms with van der Waals surface area (Å²) in [7, 11) is 0. The van der Waals surface area contributed by atoms with Gasteiger partial charge in [-0.3, -0.25) is 0 Å². The maximum Gasteiger partial charge on any atom is 0.0192 e. The molecule has 1 aliphatic rings. The highest BCUT2D eigenvalue weighted by Gasteiger charge is 2.12. The van der Waals surface area contributed by atoms with Gasteiger partial charge in [-0.2, -0.15) is 0 Å². The Bertz CT molecular complexity index is 139. The third kappa shape index (κ3) is 4.43. The Morgan fingerprint density at radius 1 is 1.29 bits per heavy atom. The van der Waals surface area contributed by atoms with Crippen molar-refractivity contribution in [3.05, 3.63) is 0 Å². The summed E-state index contributed by atoms with van der Waals surface area (Å²) in [4.78, 5) is 0. The average Bonchev–Trinajstić information content (AvgIpc) is 2.19. The Hall–Kier alpha value is -0.0800. The standard InChI is InChI=1S/C12H26N2/c1-10(2)11(3)8-13-9-12-6-4-5-7-14-12/h10-14H,4-9H2,1-3H3. The van der Waals surface area contributed by atoms with Crippen molar-refractivity contribution < 1.29 is 0 Å². The monoisotopic (exact) mass is 198 g/mol. The molecule has 0 saturated carbocycles. The molecular formula is C12H26N2. The van der Waals surface area contributed by atoms with Gasteiger partial charge in [-0.05, 0) is 37.8 Å². The van der Waals surface area contributed by atoms with Crippen LogP contribution in [0.5, 0.6) is 0 Å². The molecule has 0 spiro atoms. The van der Waals surface area contributed by atoms with E-state index in [2.05, 4.69) is 31.4 Å². The van der Waals surface area contributed by atoms with Crippen LogP contribution in [0.3, 0.4) is 0 Å². The maximum atomic E-state index is 3.57. The van der Waals surface area contributed by atoms with E-state index in [1.54, 1.807) is 0 Å². The Morgan fingerprint density at radius 2 is 2.07 bits per heavy atom. The summed E-state index contributed by atoms with van der Waals surface area (Å²) in [5, 5.41) is 7.13. The molecule has 14 heavy (non-hydrogen) atoms. The third-order valence-corrected chi connectivity index (χ3v) is 3.41. The second-order valence-electron chi connectivity index (χ2n) is 5.03. The van der Waals surface area contributed by atoms with Crippen LogP contribution in [0.25, 0.3) is 0 Å². The third-order valence-electron chi connectivity index (χ3n) is 3.41. The van der Waals surface area contributed by atoms with Crippen LogP contribution in [0.1, 0.15) is 40.0 Å². The van der Waals surface area contributed by atoms with Crippen LogP contribution in [-0.4, -0.2) is 25.7 Å². The van der Waals surface area contributed by atoms with Gasteiger partial charge in [0.05, 0.1) is 0 Å². The van der Waals surface area contributed by atoms with E-state index in [1.165, 1.54) is 25.8 Å². The topological polar surface area (TPSA) is 24.1 Å². The molecule has 1 saturated heterocycles. The van der Waals surface area contributed by atoms with Crippen molar-refractivity contribution in [2.75, 3.05) is 19.6 Å². The second-order valence-corrected chi connectivity index (χ2v) is 5.03. The van der Waals surface area contributed by atoms with Crippen LogP contribution in [0, 0.1) is 11.8 Å². The fourth-order valence-electron chi connectivity index (χ4n) is 1.82. The maximum absolute atomic E-state index is 3.57. The molecule has 0 amide bonds. The van der Waals surface area contributed by atoms with Crippen molar-refractivity contribution in [2.45, 2.75) is 46.1 Å². The van der Waals surface area contributed by atoms with Gasteiger partial charge >= 0.3 is 0 Å². The van der Waals surface area contributed by atoms with Crippen LogP contribution in [0.2, 0.25) is 0 Å². The molecule has 0 aliphatic carbocycles. The second kappa shape index (κ2) is 6.41. The molecule has 2 nitrogen and oxygen atoms in total. The predicted octanol–water partition coefficient (Wildman–Crippen LogP) is 2.01. The van der Waals surface area contributed by atoms with Crippen molar-refractivity contribution in [3.63, 3.8) is 0 Å². The molecule has 2 heteroatoms. The summed E-state index contributed by atoms with van der Waals surface area (Å²) < 4.78 is 0. The lowest BCUT2D eigenvalue weighted by Gasteiger charge is -2.25. The van der Waals surface area contributed by atoms with Gasteiger partial charge in [0, 0.05) is 12.6 Å². The SMILES string of the molecule is CC(C)C(C)CNCC1CCCCN1. The van der Waals surface area contributed by atoms with Crippen molar-refractivity contribution >= 4 is 0 Å². The first-order chi connectivity index (χ1) is 6.70. The Labute approximate surface area is 88.8 Å². The van der Waals surface area contributed by atoms with E-state index in [0.717, 1.165) is 31.0 Å². The zero-order valence-corrected chi connectivity index (χ0v) is 9.97. The number of rotatable bonds is 5. The molecule has 2 N–H and O–H groups in total. The van der Waals surface area contributed by atoms with Gasteiger partial charge in [-0.25, -0.2) is 0 Å². The summed E-state index contributed by atoms with van der Waals surface area (Å²) in [5.41, 5.74) is 0. The average molecular weight is 198 g/mol. The quantitative estimate of drug-likeness (QED) is 0.706. The fourth-order valence-corrected chi connectivity index (χ4v) is 1.82. The number of nitrogens with one attached hydrogen (secondary N) is 2. The van der Waals surface area contributed by atoms with Crippen LogP contribution in [0.15, 0.2) is 0 Å². The molecule has 0 aromatic heterocycles. The lowest BCUT2D eigenvalue weighted by molar-refractivity contribution is 0.348. The van der Waals surface area contributed by atoms with E-state index in [0.29, 0.717) is 0 Å². The first kappa shape index (κ1) is 12.0. The Balaban J connectivity index is 2.02. The molecular weight excluding hydrogens is 172 g/mol. The van der Waals surface area contributed by atoms with Crippen LogP contribution >= 0.6 is 0 Å². The Kier molecular flexibility index (Phi) is 5.49. The minimum Gasteiger partial charge on any atom is -0.315 e. The molecule has 84 valence electrons. The minimum absolute atomic E-state index is 0.725. The summed E-state index contributed by atoms with van der Waals surface area (Å²) >= 11 is 0. The molecule has 0 aromatic rings. The van der Waals surface area contributed by atoms with Crippen LogP contribution < -0.4 is 10.6 Å². The summed E-state index contributed by atoms with van der Waals surface area (Å²) in [6.07, 6.45) is 4.11. The molecule has 0 aromatic carbocycles. The zero-order chi connectivity index (χ0) is 10.4. The molecule has 2 unspecified atom stereocenters. The van der Waals surface area contributed by atoms with E-state index in [9.17, 15) is 0 Å². The summed E-state index contributed by atoms with van der Waals surface area (Å²) in [6.45, 7) is 10.4. The van der Waals surface area contributed by atoms with Crippen LogP contribution in [0.4, 0.5) is 0 Å². The highest BCUT2D eigenvalue weighted by Crippen LogP contribution is 2.09. The smallest absolute Gasteiger partial charge is 0.0192 e. The van der Waals surface area contributed by atoms with Gasteiger partial charge in [0.1, 0.15) is 0 Å². The van der Waals surface area contributed by atoms with Crippen LogP contribution in [-0.2, 0) is 0 Å². The van der Waals surface area contributed by atoms with Crippen molar-refractivity contribution in [1.29, 1.82) is 0 Å². The van der Waals surface area contributed by atoms with Gasteiger partial charge < -0.3 is 10.6 Å². The lowest BCUT2D eigenvalue weighted by Crippen LogP contribution is -2.42. The fraction of sp³-hybridized carbons (Fsp3) is 1.00. The Morgan fingerprint density at radius 3 is 2.64 bits per heavy atom. The zero-order valence-electron chi connectivity index (χ0n) is 9.97. The minimum atomic E-state index is 0.725. The molecule has 0 radical (unpaired) electrons. The predicted molar refractivity (Wildman–Crippen MR) is 62.5 cm³/mol. The molecule has 1 aliphatic heterocycles. The van der Waals surface area contributed by atoms with E-state index < -0.39 is 0 Å². The lowest BCUT2D eigenvalue weighted by atomic mass is 9.98. The van der Waals surface area contributed by atoms with Gasteiger partial charge in [0.15, 0.2) is 0 Å². The highest BCUT2D eigenvalue weighted by atomic mass is 15.0. The van der Waals surface area contributed by atoms with E-state index >= 15 is 0 Å². The normalized spacial score (nSPS) is 25.3. The molecule has 1 heterocycles. The molecule has 2 atom stereocenters. The van der Waals surface area contributed by atoms with E-state index in [1.807, 2.05) is 0 Å². The number of hydrogen-bond acceptors (Lipinski definition) is 2. The molecule has 0 bridgehead atoms. The van der Waals surface area contributed by atoms with E-state index in [4.69, 9.17) is 0 Å². The number of piperidine rings is 1. The van der Waals surface area contributed by atoms with Crippen molar-refractivity contribution in [2.24, 2.45) is 11.8 Å². The van der Waals surface area contributed by atoms with Gasteiger partial charge in [-0.1, -0.05) is 27.2 Å². The number of hydrogen-bond donors (Lipinski definition) is 2. The van der Waals surface area contributed by atoms with Crippen molar-refractivity contribution in [3.8, 4) is 0 Å².